The molecular formula is C42H60O19. The van der Waals surface area contributed by atoms with Crippen LogP contribution in [0.1, 0.15) is 56.6 Å². The number of ether oxygens (including phenoxy) is 9. The van der Waals surface area contributed by atoms with Gasteiger partial charge in [-0.05, 0) is 41.8 Å². The Labute approximate surface area is 353 Å². The maximum absolute atomic E-state index is 12.3. The van der Waals surface area contributed by atoms with E-state index in [4.69, 9.17) is 42.6 Å². The molecule has 19 heteroatoms. The zero-order chi connectivity index (χ0) is 44.2. The van der Waals surface area contributed by atoms with E-state index in [0.717, 1.165) is 36.8 Å². The molecule has 0 amide bonds. The van der Waals surface area contributed by atoms with Gasteiger partial charge in [0.1, 0.15) is 97.1 Å². The number of rotatable bonds is 20. The topological polar surface area (TPSA) is 282 Å². The molecule has 3 aliphatic rings. The summed E-state index contributed by atoms with van der Waals surface area (Å²) in [5.41, 5.74) is 1.63. The molecule has 9 N–H and O–H groups in total. The third kappa shape index (κ3) is 12.6. The molecule has 0 unspecified atom stereocenters. The highest BCUT2D eigenvalue weighted by molar-refractivity contribution is 5.71. The van der Waals surface area contributed by atoms with E-state index in [0.29, 0.717) is 17.9 Å². The molecule has 2 aromatic carbocycles. The molecular weight excluding hydrogens is 808 g/mol. The second kappa shape index (κ2) is 23.3. The first-order chi connectivity index (χ1) is 29.3. The van der Waals surface area contributed by atoms with Gasteiger partial charge in [0.15, 0.2) is 12.6 Å². The van der Waals surface area contributed by atoms with Gasteiger partial charge in [-0.1, -0.05) is 56.9 Å². The lowest BCUT2D eigenvalue weighted by molar-refractivity contribution is -0.376. The summed E-state index contributed by atoms with van der Waals surface area (Å²) in [5, 5.41) is 96.6. The largest absolute Gasteiger partial charge is 0.497 e. The van der Waals surface area contributed by atoms with Gasteiger partial charge >= 0.3 is 5.97 Å². The van der Waals surface area contributed by atoms with Crippen LogP contribution >= 0.6 is 0 Å². The van der Waals surface area contributed by atoms with Gasteiger partial charge < -0.3 is 88.6 Å². The van der Waals surface area contributed by atoms with Crippen molar-refractivity contribution in [2.75, 3.05) is 34.0 Å². The maximum atomic E-state index is 12.3. The SMILES string of the molecule is CCCCCCCC(=O)OC[C@H]1O[C@H](O[C@H]2[C@H](O)[C@@H](O)[C@@H](O[C@H]3[C@H](O)[C@@H](O)[C@H](Oc4ccc(/C=C/c5cc(OC)cc(OC)c5)cc4)O[C@@H]3CO)O[C@@H]2CO)[C@H](O)[C@@H](O)[C@@H]1O. The second-order valence-electron chi connectivity index (χ2n) is 15.1. The van der Waals surface area contributed by atoms with Crippen LogP contribution in [-0.4, -0.2) is 178 Å². The van der Waals surface area contributed by atoms with Crippen molar-refractivity contribution in [1.29, 1.82) is 0 Å². The molecule has 0 aliphatic carbocycles. The fraction of sp³-hybridized carbons (Fsp3) is 0.643. The molecule has 3 aliphatic heterocycles. The van der Waals surface area contributed by atoms with E-state index in [9.17, 15) is 50.8 Å². The fourth-order valence-electron chi connectivity index (χ4n) is 7.16. The highest BCUT2D eigenvalue weighted by Crippen LogP contribution is 2.33. The van der Waals surface area contributed by atoms with E-state index >= 15 is 0 Å². The summed E-state index contributed by atoms with van der Waals surface area (Å²) in [6.07, 6.45) is -16.9. The number of aliphatic hydroxyl groups excluding tert-OH is 9. The molecule has 61 heavy (non-hydrogen) atoms. The lowest BCUT2D eigenvalue weighted by atomic mass is 9.96. The standard InChI is InChI=1S/C42H60O19/c1-4-5-6-7-8-9-30(45)55-21-29-31(46)32(47)35(50)41(59-29)60-39-28(20-44)58-42(37(52)34(39)49)61-38-27(19-43)57-40(36(51)33(38)48)56-24-14-12-22(13-15-24)10-11-23-16-25(53-2)18-26(17-23)54-3/h10-18,27-29,31-44,46-52H,4-9,19-21H2,1-3H3/b11-10+/t27-,28-,29-,31-,32+,33-,34-,35-,36-,37-,38-,39-,40-,41-,42-/m1/s1. The van der Waals surface area contributed by atoms with Crippen molar-refractivity contribution in [3.63, 3.8) is 0 Å². The number of hydrogen-bond donors (Lipinski definition) is 9. The molecule has 342 valence electrons. The van der Waals surface area contributed by atoms with E-state index in [-0.39, 0.29) is 12.2 Å². The lowest BCUT2D eigenvalue weighted by Gasteiger charge is -2.48. The summed E-state index contributed by atoms with van der Waals surface area (Å²) in [5.74, 6) is 0.967. The molecule has 0 radical (unpaired) electrons. The smallest absolute Gasteiger partial charge is 0.305 e. The van der Waals surface area contributed by atoms with Gasteiger partial charge in [-0.25, -0.2) is 0 Å². The highest BCUT2D eigenvalue weighted by Gasteiger charge is 2.54. The Morgan fingerprint density at radius 1 is 0.590 bits per heavy atom. The van der Waals surface area contributed by atoms with E-state index in [2.05, 4.69) is 6.92 Å². The first kappa shape index (κ1) is 48.5. The Kier molecular flexibility index (Phi) is 18.5. The molecule has 0 aromatic heterocycles. The van der Waals surface area contributed by atoms with Crippen LogP contribution in [0.15, 0.2) is 42.5 Å². The maximum Gasteiger partial charge on any atom is 0.305 e. The summed E-state index contributed by atoms with van der Waals surface area (Å²) >= 11 is 0. The van der Waals surface area contributed by atoms with Gasteiger partial charge in [0.25, 0.3) is 0 Å². The quantitative estimate of drug-likeness (QED) is 0.0466. The second-order valence-corrected chi connectivity index (χ2v) is 15.1. The van der Waals surface area contributed by atoms with Crippen LogP contribution in [0.2, 0.25) is 0 Å². The van der Waals surface area contributed by atoms with Crippen molar-refractivity contribution in [1.82, 2.24) is 0 Å². The number of unbranched alkanes of at least 4 members (excludes halogenated alkanes) is 4. The van der Waals surface area contributed by atoms with Gasteiger partial charge in [-0.15, -0.1) is 0 Å². The molecule has 2 aromatic rings. The minimum absolute atomic E-state index is 0.135. The zero-order valence-electron chi connectivity index (χ0n) is 34.3. The van der Waals surface area contributed by atoms with Crippen molar-refractivity contribution in [2.45, 2.75) is 138 Å². The molecule has 3 saturated heterocycles. The summed E-state index contributed by atoms with van der Waals surface area (Å²) in [6.45, 7) is -0.0270. The van der Waals surface area contributed by atoms with Crippen molar-refractivity contribution >= 4 is 18.1 Å². The van der Waals surface area contributed by atoms with Crippen molar-refractivity contribution < 1.29 is 93.4 Å². The Morgan fingerprint density at radius 3 is 1.66 bits per heavy atom. The van der Waals surface area contributed by atoms with Gasteiger partial charge in [-0.3, -0.25) is 4.79 Å². The van der Waals surface area contributed by atoms with Gasteiger partial charge in [0.05, 0.1) is 27.4 Å². The Hall–Kier alpha value is -3.51. The van der Waals surface area contributed by atoms with Crippen LogP contribution in [0.25, 0.3) is 12.2 Å². The fourth-order valence-corrected chi connectivity index (χ4v) is 7.16. The summed E-state index contributed by atoms with van der Waals surface area (Å²) in [6, 6.07) is 12.1. The third-order valence-electron chi connectivity index (χ3n) is 10.8. The van der Waals surface area contributed by atoms with Crippen LogP contribution < -0.4 is 14.2 Å². The Bertz CT molecular complexity index is 1640. The van der Waals surface area contributed by atoms with Crippen molar-refractivity contribution in [3.8, 4) is 17.2 Å². The van der Waals surface area contributed by atoms with Gasteiger partial charge in [0.2, 0.25) is 6.29 Å². The molecule has 3 heterocycles. The molecule has 15 atom stereocenters. The van der Waals surface area contributed by atoms with Gasteiger partial charge in [-0.2, -0.15) is 0 Å². The van der Waals surface area contributed by atoms with Crippen LogP contribution in [0, 0.1) is 0 Å². The van der Waals surface area contributed by atoms with Crippen LogP contribution in [-0.2, 0) is 33.2 Å². The van der Waals surface area contributed by atoms with Crippen LogP contribution in [0.4, 0.5) is 0 Å². The minimum atomic E-state index is -1.96. The zero-order valence-corrected chi connectivity index (χ0v) is 34.3. The number of carbonyl (C=O) groups excluding carboxylic acids is 1. The molecule has 0 bridgehead atoms. The minimum Gasteiger partial charge on any atom is -0.497 e. The van der Waals surface area contributed by atoms with E-state index in [1.807, 2.05) is 24.3 Å². The normalized spacial score (nSPS) is 34.3. The molecule has 3 fully saturated rings. The number of hydrogen-bond acceptors (Lipinski definition) is 19. The summed E-state index contributed by atoms with van der Waals surface area (Å²) in [7, 11) is 3.12. The number of esters is 1. The van der Waals surface area contributed by atoms with Crippen molar-refractivity contribution in [2.24, 2.45) is 0 Å². The van der Waals surface area contributed by atoms with Crippen molar-refractivity contribution in [3.05, 3.63) is 53.6 Å². The Balaban J connectivity index is 1.16. The first-order valence-electron chi connectivity index (χ1n) is 20.4. The first-order valence-corrected chi connectivity index (χ1v) is 20.4. The molecule has 19 nitrogen and oxygen atoms in total. The number of methoxy groups -OCH3 is 2. The summed E-state index contributed by atoms with van der Waals surface area (Å²) < 4.78 is 50.3. The average Bonchev–Trinajstić information content (AvgIpc) is 3.27. The molecule has 0 saturated carbocycles. The highest BCUT2D eigenvalue weighted by atomic mass is 16.8. The Morgan fingerprint density at radius 2 is 1.10 bits per heavy atom. The van der Waals surface area contributed by atoms with Crippen LogP contribution in [0.5, 0.6) is 17.2 Å². The van der Waals surface area contributed by atoms with E-state index in [1.54, 1.807) is 44.6 Å². The number of benzene rings is 2. The van der Waals surface area contributed by atoms with E-state index in [1.165, 1.54) is 0 Å². The average molecular weight is 869 g/mol. The number of carbonyl (C=O) groups is 1. The number of aliphatic hydroxyl groups is 9. The predicted octanol–water partition coefficient (Wildman–Crippen LogP) is -0.387. The van der Waals surface area contributed by atoms with E-state index < -0.39 is 118 Å². The van der Waals surface area contributed by atoms with Gasteiger partial charge in [0, 0.05) is 12.5 Å². The lowest BCUT2D eigenvalue weighted by Crippen LogP contribution is -2.66. The summed E-state index contributed by atoms with van der Waals surface area (Å²) in [4.78, 5) is 12.3. The monoisotopic (exact) mass is 868 g/mol. The third-order valence-corrected chi connectivity index (χ3v) is 10.8. The predicted molar refractivity (Wildman–Crippen MR) is 212 cm³/mol. The molecule has 0 spiro atoms. The van der Waals surface area contributed by atoms with Crippen LogP contribution in [0.3, 0.4) is 0 Å². The molecule has 5 rings (SSSR count).